The van der Waals surface area contributed by atoms with Crippen molar-refractivity contribution in [2.45, 2.75) is 24.4 Å². The molecule has 2 heterocycles. The van der Waals surface area contributed by atoms with E-state index in [9.17, 15) is 0 Å². The van der Waals surface area contributed by atoms with Crippen LogP contribution in [-0.4, -0.2) is 24.9 Å². The van der Waals surface area contributed by atoms with Crippen LogP contribution in [0.1, 0.15) is 11.7 Å². The van der Waals surface area contributed by atoms with Crippen molar-refractivity contribution in [1.29, 1.82) is 0 Å². The van der Waals surface area contributed by atoms with Crippen LogP contribution in [-0.2, 0) is 12.3 Å². The van der Waals surface area contributed by atoms with E-state index in [1.165, 1.54) is 11.8 Å². The second-order valence-electron chi connectivity index (χ2n) is 4.71. The average molecular weight is 348 g/mol. The highest BCUT2D eigenvalue weighted by atomic mass is 35.5. The van der Waals surface area contributed by atoms with Crippen molar-refractivity contribution in [2.24, 2.45) is 0 Å². The molecule has 8 heteroatoms. The SMILES string of the molecule is C=CCn1c(C)nnc1SCc1nc(-c2ccccc2Cl)no1. The molecule has 0 amide bonds. The predicted molar refractivity (Wildman–Crippen MR) is 89.3 cm³/mol. The van der Waals surface area contributed by atoms with Gasteiger partial charge in [-0.2, -0.15) is 4.98 Å². The number of nitrogens with zero attached hydrogens (tertiary/aromatic N) is 5. The number of benzene rings is 1. The highest BCUT2D eigenvalue weighted by Gasteiger charge is 2.14. The van der Waals surface area contributed by atoms with Crippen LogP contribution < -0.4 is 0 Å². The van der Waals surface area contributed by atoms with Gasteiger partial charge in [-0.3, -0.25) is 0 Å². The van der Waals surface area contributed by atoms with Crippen LogP contribution in [0.2, 0.25) is 5.02 Å². The first kappa shape index (κ1) is 15.8. The Hall–Kier alpha value is -2.12. The summed E-state index contributed by atoms with van der Waals surface area (Å²) in [5.41, 5.74) is 0.750. The Labute approximate surface area is 142 Å². The number of hydrogen-bond acceptors (Lipinski definition) is 6. The normalized spacial score (nSPS) is 10.9. The van der Waals surface area contributed by atoms with Crippen LogP contribution >= 0.6 is 23.4 Å². The highest BCUT2D eigenvalue weighted by Crippen LogP contribution is 2.27. The fraction of sp³-hybridized carbons (Fsp3) is 0.200. The van der Waals surface area contributed by atoms with Crippen LogP contribution in [0.4, 0.5) is 0 Å². The number of thioether (sulfide) groups is 1. The van der Waals surface area contributed by atoms with E-state index < -0.39 is 0 Å². The molecule has 3 rings (SSSR count). The molecule has 0 N–H and O–H groups in total. The summed E-state index contributed by atoms with van der Waals surface area (Å²) in [5.74, 6) is 2.34. The lowest BCUT2D eigenvalue weighted by molar-refractivity contribution is 0.391. The molecule has 2 aromatic heterocycles. The van der Waals surface area contributed by atoms with Gasteiger partial charge in [0.1, 0.15) is 5.82 Å². The predicted octanol–water partition coefficient (Wildman–Crippen LogP) is 3.77. The molecule has 0 aliphatic carbocycles. The monoisotopic (exact) mass is 347 g/mol. The minimum atomic E-state index is 0.481. The Bertz CT molecular complexity index is 829. The third-order valence-electron chi connectivity index (χ3n) is 3.12. The highest BCUT2D eigenvalue weighted by molar-refractivity contribution is 7.98. The van der Waals surface area contributed by atoms with Gasteiger partial charge in [0.05, 0.1) is 10.8 Å². The van der Waals surface area contributed by atoms with E-state index in [1.807, 2.05) is 35.8 Å². The first-order valence-electron chi connectivity index (χ1n) is 6.90. The summed E-state index contributed by atoms with van der Waals surface area (Å²) in [4.78, 5) is 4.38. The molecule has 6 nitrogen and oxygen atoms in total. The van der Waals surface area contributed by atoms with Gasteiger partial charge in [0.25, 0.3) is 0 Å². The molecule has 0 aliphatic heterocycles. The molecule has 0 aliphatic rings. The molecule has 0 fully saturated rings. The summed E-state index contributed by atoms with van der Waals surface area (Å²) in [5, 5.41) is 13.6. The van der Waals surface area contributed by atoms with Crippen molar-refractivity contribution >= 4 is 23.4 Å². The second kappa shape index (κ2) is 6.97. The van der Waals surface area contributed by atoms with E-state index in [0.717, 1.165) is 16.5 Å². The van der Waals surface area contributed by atoms with Gasteiger partial charge in [0.15, 0.2) is 5.16 Å². The number of hydrogen-bond donors (Lipinski definition) is 0. The minimum absolute atomic E-state index is 0.481. The number of allylic oxidation sites excluding steroid dienone is 1. The number of aromatic nitrogens is 5. The second-order valence-corrected chi connectivity index (χ2v) is 6.06. The molecule has 0 spiro atoms. The Morgan fingerprint density at radius 3 is 2.96 bits per heavy atom. The molecule has 0 atom stereocenters. The Balaban J connectivity index is 1.73. The fourth-order valence-electron chi connectivity index (χ4n) is 2.00. The van der Waals surface area contributed by atoms with Gasteiger partial charge >= 0.3 is 0 Å². The minimum Gasteiger partial charge on any atom is -0.338 e. The summed E-state index contributed by atoms with van der Waals surface area (Å²) < 4.78 is 7.26. The lowest BCUT2D eigenvalue weighted by atomic mass is 10.2. The zero-order valence-electron chi connectivity index (χ0n) is 12.4. The average Bonchev–Trinajstić information content (AvgIpc) is 3.14. The molecule has 3 aromatic rings. The summed E-state index contributed by atoms with van der Waals surface area (Å²) in [7, 11) is 0. The van der Waals surface area contributed by atoms with Gasteiger partial charge in [-0.05, 0) is 19.1 Å². The molecule has 1 aromatic carbocycles. The fourth-order valence-corrected chi connectivity index (χ4v) is 3.05. The topological polar surface area (TPSA) is 69.6 Å². The number of halogens is 1. The maximum atomic E-state index is 6.14. The zero-order valence-corrected chi connectivity index (χ0v) is 14.0. The van der Waals surface area contributed by atoms with Crippen molar-refractivity contribution in [3.63, 3.8) is 0 Å². The van der Waals surface area contributed by atoms with E-state index in [1.54, 1.807) is 6.07 Å². The van der Waals surface area contributed by atoms with Crippen LogP contribution in [0.5, 0.6) is 0 Å². The van der Waals surface area contributed by atoms with E-state index in [0.29, 0.717) is 29.0 Å². The molecular formula is C15H14ClN5OS. The maximum absolute atomic E-state index is 6.14. The third-order valence-corrected chi connectivity index (χ3v) is 4.40. The summed E-state index contributed by atoms with van der Waals surface area (Å²) >= 11 is 7.63. The molecular weight excluding hydrogens is 334 g/mol. The van der Waals surface area contributed by atoms with Gasteiger partial charge in [-0.1, -0.05) is 46.7 Å². The summed E-state index contributed by atoms with van der Waals surface area (Å²) in [6.07, 6.45) is 1.81. The number of rotatable bonds is 6. The number of aryl methyl sites for hydroxylation is 1. The first-order chi connectivity index (χ1) is 11.2. The van der Waals surface area contributed by atoms with E-state index >= 15 is 0 Å². The Morgan fingerprint density at radius 1 is 1.35 bits per heavy atom. The van der Waals surface area contributed by atoms with Crippen LogP contribution in [0, 0.1) is 6.92 Å². The van der Waals surface area contributed by atoms with Gasteiger partial charge in [0.2, 0.25) is 11.7 Å². The lowest BCUT2D eigenvalue weighted by Gasteiger charge is -2.03. The van der Waals surface area contributed by atoms with Gasteiger partial charge < -0.3 is 9.09 Å². The standard InChI is InChI=1S/C15H14ClN5OS/c1-3-8-21-10(2)18-19-15(21)23-9-13-17-14(20-22-13)11-6-4-5-7-12(11)16/h3-7H,1,8-9H2,2H3. The van der Waals surface area contributed by atoms with Crippen LogP contribution in [0.15, 0.2) is 46.6 Å². The summed E-state index contributed by atoms with van der Waals surface area (Å²) in [6, 6.07) is 7.39. The van der Waals surface area contributed by atoms with Crippen molar-refractivity contribution in [2.75, 3.05) is 0 Å². The summed E-state index contributed by atoms with van der Waals surface area (Å²) in [6.45, 7) is 6.31. The van der Waals surface area contributed by atoms with E-state index in [-0.39, 0.29) is 0 Å². The smallest absolute Gasteiger partial charge is 0.237 e. The quantitative estimate of drug-likeness (QED) is 0.499. The molecule has 0 unspecified atom stereocenters. The first-order valence-corrected chi connectivity index (χ1v) is 8.26. The molecule has 0 saturated heterocycles. The maximum Gasteiger partial charge on any atom is 0.237 e. The molecule has 0 radical (unpaired) electrons. The van der Waals surface area contributed by atoms with Gasteiger partial charge in [-0.15, -0.1) is 16.8 Å². The third kappa shape index (κ3) is 3.46. The van der Waals surface area contributed by atoms with Crippen molar-refractivity contribution in [3.05, 3.63) is 53.7 Å². The molecule has 0 saturated carbocycles. The zero-order chi connectivity index (χ0) is 16.2. The van der Waals surface area contributed by atoms with E-state index in [4.69, 9.17) is 16.1 Å². The van der Waals surface area contributed by atoms with Gasteiger partial charge in [0, 0.05) is 12.1 Å². The largest absolute Gasteiger partial charge is 0.338 e. The van der Waals surface area contributed by atoms with Crippen molar-refractivity contribution in [3.8, 4) is 11.4 Å². The van der Waals surface area contributed by atoms with Crippen molar-refractivity contribution < 1.29 is 4.52 Å². The van der Waals surface area contributed by atoms with Gasteiger partial charge in [-0.25, -0.2) is 0 Å². The van der Waals surface area contributed by atoms with E-state index in [2.05, 4.69) is 26.9 Å². The molecule has 0 bridgehead atoms. The van der Waals surface area contributed by atoms with Crippen LogP contribution in [0.25, 0.3) is 11.4 Å². The Morgan fingerprint density at radius 2 is 2.17 bits per heavy atom. The molecule has 23 heavy (non-hydrogen) atoms. The van der Waals surface area contributed by atoms with Crippen molar-refractivity contribution in [1.82, 2.24) is 24.9 Å². The lowest BCUT2D eigenvalue weighted by Crippen LogP contribution is -2.00. The van der Waals surface area contributed by atoms with Crippen LogP contribution in [0.3, 0.4) is 0 Å². The molecule has 118 valence electrons. The Kier molecular flexibility index (Phi) is 4.78.